The number of benzene rings is 1. The van der Waals surface area contributed by atoms with Gasteiger partial charge >= 0.3 is 5.97 Å². The number of hydrogen-bond donors (Lipinski definition) is 2. The van der Waals surface area contributed by atoms with Crippen LogP contribution in [0.25, 0.3) is 0 Å². The maximum absolute atomic E-state index is 12.2. The van der Waals surface area contributed by atoms with E-state index in [0.717, 1.165) is 5.56 Å². The molecular formula is C20H21N5O4. The third-order valence-electron chi connectivity index (χ3n) is 4.28. The van der Waals surface area contributed by atoms with E-state index < -0.39 is 5.97 Å². The largest absolute Gasteiger partial charge is 0.476 e. The highest BCUT2D eigenvalue weighted by atomic mass is 16.4. The van der Waals surface area contributed by atoms with Crippen LogP contribution in [0.1, 0.15) is 28.9 Å². The van der Waals surface area contributed by atoms with E-state index in [2.05, 4.69) is 15.6 Å². The smallest absolute Gasteiger partial charge is 0.358 e. The molecule has 9 nitrogen and oxygen atoms in total. The van der Waals surface area contributed by atoms with Crippen LogP contribution in [0.3, 0.4) is 0 Å². The molecule has 0 aliphatic carbocycles. The van der Waals surface area contributed by atoms with Crippen molar-refractivity contribution in [2.45, 2.75) is 32.4 Å². The Morgan fingerprint density at radius 1 is 1.07 bits per heavy atom. The summed E-state index contributed by atoms with van der Waals surface area (Å²) in [5.74, 6) is -1.29. The second-order valence-electron chi connectivity index (χ2n) is 6.54. The van der Waals surface area contributed by atoms with Crippen LogP contribution in [0.5, 0.6) is 0 Å². The van der Waals surface area contributed by atoms with Gasteiger partial charge in [-0.3, -0.25) is 14.3 Å². The molecule has 2 aromatic heterocycles. The number of unbranched alkanes of at least 4 members (excludes halogenated alkanes) is 1. The van der Waals surface area contributed by atoms with Crippen LogP contribution < -0.4 is 10.9 Å². The van der Waals surface area contributed by atoms with Gasteiger partial charge in [-0.15, -0.1) is 5.10 Å². The molecule has 0 aliphatic rings. The van der Waals surface area contributed by atoms with Crippen LogP contribution in [0.15, 0.2) is 59.7 Å². The number of aryl methyl sites for hydroxylation is 2. The number of carbonyl (C=O) groups excluding carboxylic acids is 1. The van der Waals surface area contributed by atoms with Crippen LogP contribution >= 0.6 is 0 Å². The molecule has 1 aromatic carbocycles. The number of carboxylic acids is 1. The lowest BCUT2D eigenvalue weighted by Gasteiger charge is -2.09. The summed E-state index contributed by atoms with van der Waals surface area (Å²) in [6.45, 7) is 1.03. The lowest BCUT2D eigenvalue weighted by atomic mass is 10.1. The number of anilines is 1. The fourth-order valence-corrected chi connectivity index (χ4v) is 2.82. The summed E-state index contributed by atoms with van der Waals surface area (Å²) in [5, 5.41) is 18.9. The molecule has 0 saturated carbocycles. The molecular weight excluding hydrogens is 374 g/mol. The molecule has 3 rings (SSSR count). The summed E-state index contributed by atoms with van der Waals surface area (Å²) < 4.78 is 3.04. The highest BCUT2D eigenvalue weighted by Gasteiger charge is 2.08. The van der Waals surface area contributed by atoms with Crippen molar-refractivity contribution in [1.82, 2.24) is 19.6 Å². The molecule has 1 amide bonds. The van der Waals surface area contributed by atoms with Gasteiger partial charge in [0.2, 0.25) is 5.91 Å². The average molecular weight is 395 g/mol. The number of aromatic nitrogens is 4. The van der Waals surface area contributed by atoms with Crippen molar-refractivity contribution in [2.75, 3.05) is 5.32 Å². The highest BCUT2D eigenvalue weighted by molar-refractivity contribution is 5.92. The summed E-state index contributed by atoms with van der Waals surface area (Å²) >= 11 is 0. The van der Waals surface area contributed by atoms with E-state index in [1.54, 1.807) is 16.8 Å². The van der Waals surface area contributed by atoms with E-state index in [1.807, 2.05) is 30.3 Å². The number of aromatic carboxylic acids is 1. The molecule has 0 fully saturated rings. The molecule has 150 valence electrons. The van der Waals surface area contributed by atoms with Crippen LogP contribution in [-0.2, 0) is 24.3 Å². The Morgan fingerprint density at radius 3 is 2.52 bits per heavy atom. The van der Waals surface area contributed by atoms with E-state index in [4.69, 9.17) is 5.11 Å². The van der Waals surface area contributed by atoms with Gasteiger partial charge in [0.15, 0.2) is 5.69 Å². The van der Waals surface area contributed by atoms with Gasteiger partial charge in [-0.2, -0.15) is 0 Å². The minimum Gasteiger partial charge on any atom is -0.476 e. The van der Waals surface area contributed by atoms with Gasteiger partial charge in [-0.05, 0) is 24.5 Å². The topological polar surface area (TPSA) is 119 Å². The third kappa shape index (κ3) is 5.86. The van der Waals surface area contributed by atoms with Crippen molar-refractivity contribution in [3.8, 4) is 0 Å². The summed E-state index contributed by atoms with van der Waals surface area (Å²) in [6, 6.07) is 12.5. The molecule has 0 spiro atoms. The Kier molecular flexibility index (Phi) is 6.51. The molecule has 9 heteroatoms. The van der Waals surface area contributed by atoms with Crippen LogP contribution in [-0.4, -0.2) is 36.5 Å². The van der Waals surface area contributed by atoms with Gasteiger partial charge in [0.05, 0.1) is 12.6 Å². The molecule has 0 saturated heterocycles. The molecule has 2 N–H and O–H groups in total. The maximum Gasteiger partial charge on any atom is 0.358 e. The Bertz CT molecular complexity index is 1040. The van der Waals surface area contributed by atoms with E-state index in [1.165, 1.54) is 16.9 Å². The Balaban J connectivity index is 1.47. The standard InChI is InChI=1S/C20H21N5O4/c26-18(12-15-6-2-1-3-7-15)21-16-8-11-24(19(27)13-16)9-4-5-10-25-14-17(20(28)29)22-23-25/h1-3,6-8,11,13-14H,4-5,9-10,12H2,(H,21,26)(H,28,29). The molecule has 0 atom stereocenters. The fourth-order valence-electron chi connectivity index (χ4n) is 2.82. The number of pyridine rings is 1. The van der Waals surface area contributed by atoms with Crippen molar-refractivity contribution in [1.29, 1.82) is 0 Å². The van der Waals surface area contributed by atoms with Gasteiger partial charge in [0.25, 0.3) is 5.56 Å². The quantitative estimate of drug-likeness (QED) is 0.533. The van der Waals surface area contributed by atoms with E-state index >= 15 is 0 Å². The van der Waals surface area contributed by atoms with Gasteiger partial charge in [-0.25, -0.2) is 4.79 Å². The second kappa shape index (κ2) is 9.45. The minimum atomic E-state index is -1.11. The predicted octanol–water partition coefficient (Wildman–Crippen LogP) is 1.80. The summed E-state index contributed by atoms with van der Waals surface area (Å²) in [7, 11) is 0. The first-order valence-electron chi connectivity index (χ1n) is 9.19. The number of amides is 1. The van der Waals surface area contributed by atoms with E-state index in [0.29, 0.717) is 31.6 Å². The Labute approximate surface area is 166 Å². The average Bonchev–Trinajstić information content (AvgIpc) is 3.17. The second-order valence-corrected chi connectivity index (χ2v) is 6.54. The number of carbonyl (C=O) groups is 2. The third-order valence-corrected chi connectivity index (χ3v) is 4.28. The van der Waals surface area contributed by atoms with Crippen molar-refractivity contribution >= 4 is 17.6 Å². The first-order chi connectivity index (χ1) is 14.0. The van der Waals surface area contributed by atoms with Gasteiger partial charge in [0.1, 0.15) is 0 Å². The first kappa shape index (κ1) is 20.0. The zero-order valence-corrected chi connectivity index (χ0v) is 15.7. The van der Waals surface area contributed by atoms with E-state index in [-0.39, 0.29) is 23.6 Å². The lowest BCUT2D eigenvalue weighted by molar-refractivity contribution is -0.115. The molecule has 3 aromatic rings. The van der Waals surface area contributed by atoms with E-state index in [9.17, 15) is 14.4 Å². The molecule has 0 unspecified atom stereocenters. The van der Waals surface area contributed by atoms with Crippen LogP contribution in [0, 0.1) is 0 Å². The van der Waals surface area contributed by atoms with Crippen LogP contribution in [0.2, 0.25) is 0 Å². The van der Waals surface area contributed by atoms with Crippen molar-refractivity contribution in [2.24, 2.45) is 0 Å². The zero-order chi connectivity index (χ0) is 20.6. The number of nitrogens with zero attached hydrogens (tertiary/aromatic N) is 4. The van der Waals surface area contributed by atoms with Crippen molar-refractivity contribution in [3.05, 3.63) is 76.5 Å². The highest BCUT2D eigenvalue weighted by Crippen LogP contribution is 2.06. The monoisotopic (exact) mass is 395 g/mol. The summed E-state index contributed by atoms with van der Waals surface area (Å²) in [4.78, 5) is 35.1. The van der Waals surface area contributed by atoms with Crippen molar-refractivity contribution in [3.63, 3.8) is 0 Å². The maximum atomic E-state index is 12.2. The summed E-state index contributed by atoms with van der Waals surface area (Å²) in [5.41, 5.74) is 1.08. The predicted molar refractivity (Wildman–Crippen MR) is 106 cm³/mol. The lowest BCUT2D eigenvalue weighted by Crippen LogP contribution is -2.21. The Hall–Kier alpha value is -3.75. The van der Waals surface area contributed by atoms with Gasteiger partial charge in [-0.1, -0.05) is 35.5 Å². The number of carboxylic acid groups (broad SMARTS) is 1. The van der Waals surface area contributed by atoms with Crippen LogP contribution in [0.4, 0.5) is 5.69 Å². The molecule has 0 aliphatic heterocycles. The molecule has 0 radical (unpaired) electrons. The summed E-state index contributed by atoms with van der Waals surface area (Å²) in [6.07, 6.45) is 4.70. The molecule has 2 heterocycles. The van der Waals surface area contributed by atoms with Gasteiger partial charge in [0, 0.05) is 31.0 Å². The first-order valence-corrected chi connectivity index (χ1v) is 9.19. The SMILES string of the molecule is O=C(Cc1ccccc1)Nc1ccn(CCCCn2cc(C(=O)O)nn2)c(=O)c1. The zero-order valence-electron chi connectivity index (χ0n) is 15.7. The van der Waals surface area contributed by atoms with Gasteiger partial charge < -0.3 is 15.0 Å². The number of nitrogens with one attached hydrogen (secondary N) is 1. The molecule has 29 heavy (non-hydrogen) atoms. The minimum absolute atomic E-state index is 0.0916. The molecule has 0 bridgehead atoms. The number of rotatable bonds is 9. The Morgan fingerprint density at radius 2 is 1.83 bits per heavy atom. The normalized spacial score (nSPS) is 10.6. The number of hydrogen-bond acceptors (Lipinski definition) is 5. The fraction of sp³-hybridized carbons (Fsp3) is 0.250. The van der Waals surface area contributed by atoms with Crippen molar-refractivity contribution < 1.29 is 14.7 Å².